The molecular formula is C14H23NO3. The van der Waals surface area contributed by atoms with E-state index in [1.54, 1.807) is 4.90 Å². The summed E-state index contributed by atoms with van der Waals surface area (Å²) in [5, 5.41) is 0. The van der Waals surface area contributed by atoms with Gasteiger partial charge in [-0.05, 0) is 46.6 Å². The van der Waals surface area contributed by atoms with Gasteiger partial charge in [-0.1, -0.05) is 6.58 Å². The third kappa shape index (κ3) is 3.59. The van der Waals surface area contributed by atoms with Gasteiger partial charge < -0.3 is 9.64 Å². The Morgan fingerprint density at radius 1 is 1.39 bits per heavy atom. The highest BCUT2D eigenvalue weighted by atomic mass is 16.6. The van der Waals surface area contributed by atoms with E-state index in [0.29, 0.717) is 6.54 Å². The summed E-state index contributed by atoms with van der Waals surface area (Å²) in [6.45, 7) is 11.6. The Balaban J connectivity index is 2.74. The minimum Gasteiger partial charge on any atom is -0.444 e. The number of hydrogen-bond acceptors (Lipinski definition) is 3. The normalized spacial score (nSPS) is 24.6. The monoisotopic (exact) mass is 253 g/mol. The van der Waals surface area contributed by atoms with Crippen molar-refractivity contribution in [3.8, 4) is 0 Å². The van der Waals surface area contributed by atoms with Crippen molar-refractivity contribution in [2.75, 3.05) is 6.54 Å². The van der Waals surface area contributed by atoms with Gasteiger partial charge in [0.2, 0.25) is 0 Å². The number of nitrogens with zero attached hydrogens (tertiary/aromatic N) is 1. The predicted octanol–water partition coefficient (Wildman–Crippen LogP) is 2.78. The Morgan fingerprint density at radius 3 is 2.50 bits per heavy atom. The van der Waals surface area contributed by atoms with Crippen molar-refractivity contribution in [3.63, 3.8) is 0 Å². The highest BCUT2D eigenvalue weighted by molar-refractivity contribution is 5.92. The zero-order valence-electron chi connectivity index (χ0n) is 11.7. The third-order valence-electron chi connectivity index (χ3n) is 3.18. The first kappa shape index (κ1) is 14.7. The summed E-state index contributed by atoms with van der Waals surface area (Å²) in [6, 6.07) is -0.126. The van der Waals surface area contributed by atoms with E-state index in [9.17, 15) is 9.59 Å². The summed E-state index contributed by atoms with van der Waals surface area (Å²) in [5.74, 6) is -0.139. The number of allylic oxidation sites excluding steroid dienone is 1. The first-order chi connectivity index (χ1) is 8.26. The van der Waals surface area contributed by atoms with Crippen LogP contribution in [0.5, 0.6) is 0 Å². The van der Waals surface area contributed by atoms with Gasteiger partial charge in [0.05, 0.1) is 0 Å². The summed E-state index contributed by atoms with van der Waals surface area (Å²) in [6.07, 6.45) is 2.65. The molecule has 1 aliphatic rings. The smallest absolute Gasteiger partial charge is 0.410 e. The molecule has 4 nitrogen and oxygen atoms in total. The number of carbonyl (C=O) groups is 2. The first-order valence-electron chi connectivity index (χ1n) is 6.42. The van der Waals surface area contributed by atoms with E-state index in [-0.39, 0.29) is 23.8 Å². The maximum atomic E-state index is 12.0. The van der Waals surface area contributed by atoms with Gasteiger partial charge in [0.1, 0.15) is 5.60 Å². The maximum Gasteiger partial charge on any atom is 0.410 e. The SMILES string of the molecule is C=CC(=O)C1CCCN(C(=O)OC(C)(C)C)C1C. The van der Waals surface area contributed by atoms with Crippen LogP contribution in [0.1, 0.15) is 40.5 Å². The van der Waals surface area contributed by atoms with Gasteiger partial charge in [0.25, 0.3) is 0 Å². The molecule has 0 radical (unpaired) electrons. The lowest BCUT2D eigenvalue weighted by molar-refractivity contribution is -0.121. The molecule has 1 rings (SSSR count). The number of rotatable bonds is 2. The molecule has 4 heteroatoms. The molecule has 0 bridgehead atoms. The minimum absolute atomic E-state index is 0.00996. The van der Waals surface area contributed by atoms with Crippen LogP contribution in [0.4, 0.5) is 4.79 Å². The Morgan fingerprint density at radius 2 is 2.00 bits per heavy atom. The number of amides is 1. The van der Waals surface area contributed by atoms with Gasteiger partial charge in [0, 0.05) is 18.5 Å². The van der Waals surface area contributed by atoms with Crippen LogP contribution >= 0.6 is 0 Å². The summed E-state index contributed by atoms with van der Waals surface area (Å²) in [4.78, 5) is 25.4. The number of ketones is 1. The van der Waals surface area contributed by atoms with Crippen LogP contribution in [0.15, 0.2) is 12.7 Å². The fourth-order valence-electron chi connectivity index (χ4n) is 2.25. The molecule has 2 atom stereocenters. The van der Waals surface area contributed by atoms with Crippen LogP contribution in [-0.4, -0.2) is 35.0 Å². The summed E-state index contributed by atoms with van der Waals surface area (Å²) in [5.41, 5.74) is -0.508. The second-order valence-corrected chi connectivity index (χ2v) is 5.77. The van der Waals surface area contributed by atoms with Gasteiger partial charge in [0.15, 0.2) is 5.78 Å². The number of piperidine rings is 1. The Hall–Kier alpha value is -1.32. The highest BCUT2D eigenvalue weighted by Gasteiger charge is 2.36. The van der Waals surface area contributed by atoms with Crippen LogP contribution in [0.3, 0.4) is 0 Å². The molecule has 0 spiro atoms. The Kier molecular flexibility index (Phi) is 4.54. The maximum absolute atomic E-state index is 12.0. The van der Waals surface area contributed by atoms with Crippen LogP contribution in [0.25, 0.3) is 0 Å². The quantitative estimate of drug-likeness (QED) is 0.711. The lowest BCUT2D eigenvalue weighted by atomic mass is 9.87. The number of hydrogen-bond donors (Lipinski definition) is 0. The Labute approximate surface area is 109 Å². The third-order valence-corrected chi connectivity index (χ3v) is 3.18. The van der Waals surface area contributed by atoms with Crippen molar-refractivity contribution < 1.29 is 14.3 Å². The first-order valence-corrected chi connectivity index (χ1v) is 6.42. The second kappa shape index (κ2) is 5.55. The molecule has 0 aromatic rings. The van der Waals surface area contributed by atoms with Crippen LogP contribution in [0.2, 0.25) is 0 Å². The van der Waals surface area contributed by atoms with Crippen molar-refractivity contribution >= 4 is 11.9 Å². The second-order valence-electron chi connectivity index (χ2n) is 5.77. The summed E-state index contributed by atoms with van der Waals surface area (Å²) < 4.78 is 5.36. The molecule has 1 amide bonds. The summed E-state index contributed by atoms with van der Waals surface area (Å²) in [7, 11) is 0. The molecule has 0 N–H and O–H groups in total. The highest BCUT2D eigenvalue weighted by Crippen LogP contribution is 2.26. The zero-order chi connectivity index (χ0) is 13.9. The molecule has 0 saturated carbocycles. The number of ether oxygens (including phenoxy) is 1. The van der Waals surface area contributed by atoms with Crippen molar-refractivity contribution in [3.05, 3.63) is 12.7 Å². The van der Waals surface area contributed by atoms with Gasteiger partial charge in [-0.2, -0.15) is 0 Å². The van der Waals surface area contributed by atoms with E-state index in [1.807, 2.05) is 27.7 Å². The van der Waals surface area contributed by atoms with Crippen LogP contribution in [0, 0.1) is 5.92 Å². The fraction of sp³-hybridized carbons (Fsp3) is 0.714. The molecule has 1 saturated heterocycles. The van der Waals surface area contributed by atoms with E-state index < -0.39 is 5.60 Å². The van der Waals surface area contributed by atoms with Gasteiger partial charge in [-0.25, -0.2) is 4.79 Å². The molecular weight excluding hydrogens is 230 g/mol. The van der Waals surface area contributed by atoms with Crippen molar-refractivity contribution in [1.29, 1.82) is 0 Å². The van der Waals surface area contributed by atoms with E-state index in [1.165, 1.54) is 6.08 Å². The van der Waals surface area contributed by atoms with Crippen molar-refractivity contribution in [2.45, 2.75) is 52.2 Å². The average Bonchev–Trinajstić information content (AvgIpc) is 2.26. The van der Waals surface area contributed by atoms with Crippen molar-refractivity contribution in [1.82, 2.24) is 4.90 Å². The van der Waals surface area contributed by atoms with Gasteiger partial charge >= 0.3 is 6.09 Å². The fourth-order valence-corrected chi connectivity index (χ4v) is 2.25. The van der Waals surface area contributed by atoms with E-state index in [4.69, 9.17) is 4.74 Å². The molecule has 18 heavy (non-hydrogen) atoms. The molecule has 2 unspecified atom stereocenters. The zero-order valence-corrected chi connectivity index (χ0v) is 11.7. The van der Waals surface area contributed by atoms with Crippen LogP contribution in [-0.2, 0) is 9.53 Å². The van der Waals surface area contributed by atoms with E-state index >= 15 is 0 Å². The van der Waals surface area contributed by atoms with Crippen molar-refractivity contribution in [2.24, 2.45) is 5.92 Å². The Bertz CT molecular complexity index is 343. The molecule has 0 aliphatic carbocycles. The molecule has 102 valence electrons. The predicted molar refractivity (Wildman–Crippen MR) is 70.3 cm³/mol. The largest absolute Gasteiger partial charge is 0.444 e. The minimum atomic E-state index is -0.508. The molecule has 1 fully saturated rings. The van der Waals surface area contributed by atoms with E-state index in [0.717, 1.165) is 12.8 Å². The van der Waals surface area contributed by atoms with E-state index in [2.05, 4.69) is 6.58 Å². The summed E-state index contributed by atoms with van der Waals surface area (Å²) >= 11 is 0. The van der Waals surface area contributed by atoms with Gasteiger partial charge in [-0.3, -0.25) is 4.79 Å². The molecule has 0 aromatic heterocycles. The lowest BCUT2D eigenvalue weighted by Gasteiger charge is -2.38. The lowest BCUT2D eigenvalue weighted by Crippen LogP contribution is -2.50. The topological polar surface area (TPSA) is 46.6 Å². The standard InChI is InChI=1S/C14H23NO3/c1-6-12(16)11-8-7-9-15(10(11)2)13(17)18-14(3,4)5/h6,10-11H,1,7-9H2,2-5H3. The number of carbonyl (C=O) groups excluding carboxylic acids is 2. The average molecular weight is 253 g/mol. The molecule has 1 heterocycles. The number of likely N-dealkylation sites (tertiary alicyclic amines) is 1. The molecule has 1 aliphatic heterocycles. The van der Waals surface area contributed by atoms with Crippen LogP contribution < -0.4 is 0 Å². The molecule has 0 aromatic carbocycles. The van der Waals surface area contributed by atoms with Gasteiger partial charge in [-0.15, -0.1) is 0 Å².